The van der Waals surface area contributed by atoms with Crippen LogP contribution in [0.3, 0.4) is 0 Å². The number of nitrogens with zero attached hydrogens (tertiary/aromatic N) is 2. The maximum absolute atomic E-state index is 14.2. The van der Waals surface area contributed by atoms with Gasteiger partial charge in [-0.25, -0.2) is 9.18 Å². The van der Waals surface area contributed by atoms with E-state index < -0.39 is 29.1 Å². The van der Waals surface area contributed by atoms with Crippen LogP contribution in [0.4, 0.5) is 9.18 Å². The minimum atomic E-state index is -0.861. The van der Waals surface area contributed by atoms with Gasteiger partial charge in [0.2, 0.25) is 17.7 Å². The van der Waals surface area contributed by atoms with Crippen LogP contribution < -0.4 is 10.6 Å². The van der Waals surface area contributed by atoms with E-state index in [4.69, 9.17) is 4.74 Å². The van der Waals surface area contributed by atoms with E-state index in [1.54, 1.807) is 21.9 Å². The van der Waals surface area contributed by atoms with Gasteiger partial charge < -0.3 is 25.2 Å². The van der Waals surface area contributed by atoms with Crippen molar-refractivity contribution in [3.8, 4) is 0 Å². The van der Waals surface area contributed by atoms with Crippen LogP contribution in [-0.2, 0) is 25.5 Å². The Morgan fingerprint density at radius 1 is 0.808 bits per heavy atom. The largest absolute Gasteiger partial charge is 0.444 e. The molecule has 1 aliphatic carbocycles. The molecule has 3 aliphatic rings. The van der Waals surface area contributed by atoms with Crippen molar-refractivity contribution in [2.75, 3.05) is 26.2 Å². The summed E-state index contributed by atoms with van der Waals surface area (Å²) in [6.07, 6.45) is 7.65. The number of carbonyl (C=O) groups is 4. The van der Waals surface area contributed by atoms with E-state index in [0.717, 1.165) is 31.2 Å². The summed E-state index contributed by atoms with van der Waals surface area (Å²) >= 11 is 0. The molecule has 2 atom stereocenters. The molecule has 0 aromatic heterocycles. The Labute approximate surface area is 315 Å². The van der Waals surface area contributed by atoms with Gasteiger partial charge >= 0.3 is 6.09 Å². The van der Waals surface area contributed by atoms with Gasteiger partial charge in [0.25, 0.3) is 0 Å². The van der Waals surface area contributed by atoms with E-state index in [0.29, 0.717) is 45.3 Å². The second kappa shape index (κ2) is 22.1. The van der Waals surface area contributed by atoms with Crippen LogP contribution in [0.2, 0.25) is 0 Å². The number of piperidine rings is 2. The summed E-state index contributed by atoms with van der Waals surface area (Å²) in [7, 11) is 0. The van der Waals surface area contributed by atoms with Crippen LogP contribution in [0.5, 0.6) is 0 Å². The molecule has 2 saturated heterocycles. The quantitative estimate of drug-likeness (QED) is 0.292. The molecule has 0 spiro atoms. The highest BCUT2D eigenvalue weighted by molar-refractivity contribution is 5.90. The van der Waals surface area contributed by atoms with Gasteiger partial charge in [0.1, 0.15) is 17.5 Å². The van der Waals surface area contributed by atoms with Crippen molar-refractivity contribution in [1.29, 1.82) is 0 Å². The fraction of sp³-hybridized carbons (Fsp3) is 0.762. The first-order valence-electron chi connectivity index (χ1n) is 20.2. The first-order valence-corrected chi connectivity index (χ1v) is 20.2. The Kier molecular flexibility index (Phi) is 19.9. The summed E-state index contributed by atoms with van der Waals surface area (Å²) < 4.78 is 19.2. The molecule has 52 heavy (non-hydrogen) atoms. The highest BCUT2D eigenvalue weighted by Gasteiger charge is 2.49. The number of hydrogen-bond donors (Lipinski definition) is 2. The Balaban J connectivity index is 0.00000214. The molecule has 1 saturated carbocycles. The summed E-state index contributed by atoms with van der Waals surface area (Å²) in [5, 5.41) is 6.26. The zero-order valence-electron chi connectivity index (χ0n) is 34.8. The van der Waals surface area contributed by atoms with E-state index in [1.165, 1.54) is 18.6 Å². The SMILES string of the molecule is CC.CC.CC.CC(C)(C)NC(=O)C1(C2CCCCC2)CCN(C(=O)[C@@H](Cc2ccc(F)cc2)NC(=O)[C@@H]2CCCN(C(=O)OC(C)(C)C)C2)CC1. The van der Waals surface area contributed by atoms with E-state index >= 15 is 0 Å². The number of likely N-dealkylation sites (tertiary alicyclic amines) is 2. The zero-order valence-corrected chi connectivity index (χ0v) is 34.8. The second-order valence-electron chi connectivity index (χ2n) is 15.7. The first kappa shape index (κ1) is 46.9. The molecule has 0 radical (unpaired) electrons. The Morgan fingerprint density at radius 2 is 1.37 bits per heavy atom. The summed E-state index contributed by atoms with van der Waals surface area (Å²) in [6, 6.07) is 5.11. The van der Waals surface area contributed by atoms with Gasteiger partial charge in [-0.2, -0.15) is 0 Å². The molecule has 2 N–H and O–H groups in total. The Hall–Kier alpha value is -3.17. The van der Waals surface area contributed by atoms with Crippen molar-refractivity contribution in [1.82, 2.24) is 20.4 Å². The molecule has 2 heterocycles. The van der Waals surface area contributed by atoms with Crippen molar-refractivity contribution < 1.29 is 28.3 Å². The molecule has 0 bridgehead atoms. The van der Waals surface area contributed by atoms with Gasteiger partial charge in [-0.15, -0.1) is 0 Å². The van der Waals surface area contributed by atoms with Crippen LogP contribution >= 0.6 is 0 Å². The molecule has 2 aliphatic heterocycles. The molecule has 4 amide bonds. The summed E-state index contributed by atoms with van der Waals surface area (Å²) in [5.41, 5.74) is -0.783. The third kappa shape index (κ3) is 14.3. The van der Waals surface area contributed by atoms with Crippen LogP contribution in [0.1, 0.15) is 146 Å². The minimum absolute atomic E-state index is 0.0852. The lowest BCUT2D eigenvalue weighted by atomic mass is 9.63. The summed E-state index contributed by atoms with van der Waals surface area (Å²) in [5.74, 6) is -0.968. The fourth-order valence-electron chi connectivity index (χ4n) is 7.32. The fourth-order valence-corrected chi connectivity index (χ4v) is 7.32. The first-order chi connectivity index (χ1) is 24.6. The molecule has 4 rings (SSSR count). The van der Waals surface area contributed by atoms with Crippen molar-refractivity contribution in [2.24, 2.45) is 17.3 Å². The van der Waals surface area contributed by atoms with Crippen molar-refractivity contribution >= 4 is 23.8 Å². The molecule has 10 heteroatoms. The molecule has 1 aromatic rings. The molecule has 0 unspecified atom stereocenters. The topological polar surface area (TPSA) is 108 Å². The lowest BCUT2D eigenvalue weighted by Gasteiger charge is -2.48. The monoisotopic (exact) mass is 733 g/mol. The Bertz CT molecular complexity index is 1230. The van der Waals surface area contributed by atoms with Gasteiger partial charge in [-0.05, 0) is 104 Å². The number of ether oxygens (including phenoxy) is 1. The maximum atomic E-state index is 14.2. The predicted molar refractivity (Wildman–Crippen MR) is 209 cm³/mol. The highest BCUT2D eigenvalue weighted by Crippen LogP contribution is 2.46. The Morgan fingerprint density at radius 3 is 1.88 bits per heavy atom. The average molecular weight is 733 g/mol. The predicted octanol–water partition coefficient (Wildman–Crippen LogP) is 8.68. The number of nitrogens with one attached hydrogen (secondary N) is 2. The second-order valence-corrected chi connectivity index (χ2v) is 15.7. The van der Waals surface area contributed by atoms with Crippen LogP contribution in [0, 0.1) is 23.1 Å². The van der Waals surface area contributed by atoms with Crippen LogP contribution in [-0.4, -0.2) is 77.0 Å². The van der Waals surface area contributed by atoms with Crippen LogP contribution in [0.15, 0.2) is 24.3 Å². The van der Waals surface area contributed by atoms with Gasteiger partial charge in [0.15, 0.2) is 0 Å². The average Bonchev–Trinajstić information content (AvgIpc) is 3.13. The molecule has 9 nitrogen and oxygen atoms in total. The van der Waals surface area contributed by atoms with E-state index in [2.05, 4.69) is 10.6 Å². The van der Waals surface area contributed by atoms with Gasteiger partial charge in [-0.3, -0.25) is 14.4 Å². The van der Waals surface area contributed by atoms with E-state index in [-0.39, 0.29) is 48.0 Å². The minimum Gasteiger partial charge on any atom is -0.444 e. The van der Waals surface area contributed by atoms with Gasteiger partial charge in [0.05, 0.1) is 11.3 Å². The molecular formula is C42H73FN4O5. The lowest BCUT2D eigenvalue weighted by Crippen LogP contribution is -2.59. The summed E-state index contributed by atoms with van der Waals surface area (Å²) in [4.78, 5) is 57.7. The number of carbonyl (C=O) groups excluding carboxylic acids is 4. The normalized spacial score (nSPS) is 19.5. The van der Waals surface area contributed by atoms with Crippen molar-refractivity contribution in [3.63, 3.8) is 0 Å². The van der Waals surface area contributed by atoms with Crippen molar-refractivity contribution in [3.05, 3.63) is 35.6 Å². The lowest BCUT2D eigenvalue weighted by molar-refractivity contribution is -0.147. The van der Waals surface area contributed by atoms with Gasteiger partial charge in [-0.1, -0.05) is 72.9 Å². The highest BCUT2D eigenvalue weighted by atomic mass is 19.1. The van der Waals surface area contributed by atoms with E-state index in [1.807, 2.05) is 83.1 Å². The van der Waals surface area contributed by atoms with E-state index in [9.17, 15) is 23.6 Å². The van der Waals surface area contributed by atoms with Gasteiger partial charge in [0, 0.05) is 38.1 Å². The number of halogens is 1. The molecule has 3 fully saturated rings. The maximum Gasteiger partial charge on any atom is 0.410 e. The number of amides is 4. The third-order valence-corrected chi connectivity index (χ3v) is 9.71. The van der Waals surface area contributed by atoms with Crippen molar-refractivity contribution in [2.45, 2.75) is 164 Å². The smallest absolute Gasteiger partial charge is 0.410 e. The molecule has 1 aromatic carbocycles. The third-order valence-electron chi connectivity index (χ3n) is 9.71. The number of rotatable bonds is 7. The number of benzene rings is 1. The molecular weight excluding hydrogens is 659 g/mol. The van der Waals surface area contributed by atoms with Crippen LogP contribution in [0.25, 0.3) is 0 Å². The summed E-state index contributed by atoms with van der Waals surface area (Å²) in [6.45, 7) is 25.0. The zero-order chi connectivity index (χ0) is 39.7. The molecule has 298 valence electrons. The number of hydrogen-bond acceptors (Lipinski definition) is 5. The standard InChI is InChI=1S/C36H55FN4O5.3C2H6/c1-34(2,3)39-32(44)36(27-12-8-7-9-13-27)18-21-40(22-19-36)31(43)29(23-25-14-16-28(37)17-15-25)38-30(42)26-11-10-20-41(24-26)33(45)46-35(4,5)6;3*1-2/h14-17,26-27,29H,7-13,18-24H2,1-6H3,(H,38,42)(H,39,44);3*1-2H3/t26-,29-;;;/m1.../s1.